The molecule has 16 heteroatoms. The van der Waals surface area contributed by atoms with E-state index < -0.39 is 53.2 Å². The van der Waals surface area contributed by atoms with Gasteiger partial charge in [-0.2, -0.15) is 0 Å². The molecule has 3 aromatic carbocycles. The van der Waals surface area contributed by atoms with Crippen molar-refractivity contribution in [1.82, 2.24) is 30.4 Å². The van der Waals surface area contributed by atoms with Crippen LogP contribution in [0.15, 0.2) is 91.0 Å². The Balaban J connectivity index is 1.44. The fourth-order valence-electron chi connectivity index (χ4n) is 5.29. The van der Waals surface area contributed by atoms with E-state index in [9.17, 15) is 24.3 Å². The second-order valence-electron chi connectivity index (χ2n) is 10.9. The number of rotatable bonds is 15. The van der Waals surface area contributed by atoms with E-state index in [2.05, 4.69) is 20.8 Å². The zero-order chi connectivity index (χ0) is 35.1. The molecule has 4 unspecified atom stereocenters. The SMILES string of the molecule is COC1(NC(=O)C(C(=O)OC(c2ccccc2)c2ccccc2)c2ccccc2)C(=O)N(C(Cl)C(=O)O)C1OCC(=S)Cc1nnnn1C. The predicted molar refractivity (Wildman–Crippen MR) is 177 cm³/mol. The standard InChI is InChI=1S/C33H31ClN6O8S/c1-39-24(36-37-38-39)18-23(49)19-47-32-33(46-2,31(45)40(32)27(34)29(42)43)35-28(41)25(20-12-6-3-7-13-20)30(44)48-26(21-14-8-4-9-15-21)22-16-10-5-11-17-22/h3-17,25-27,32H,18-19H2,1-2H3,(H,35,41)(H,42,43). The van der Waals surface area contributed by atoms with Crippen LogP contribution in [0, 0.1) is 0 Å². The maximum Gasteiger partial charge on any atom is 0.342 e. The van der Waals surface area contributed by atoms with Crippen LogP contribution in [0.5, 0.6) is 0 Å². The van der Waals surface area contributed by atoms with Gasteiger partial charge in [0.1, 0.15) is 0 Å². The summed E-state index contributed by atoms with van der Waals surface area (Å²) in [5.41, 5.74) is -2.59. The third-order valence-corrected chi connectivity index (χ3v) is 8.43. The van der Waals surface area contributed by atoms with Crippen LogP contribution < -0.4 is 5.32 Å². The van der Waals surface area contributed by atoms with Gasteiger partial charge in [0, 0.05) is 25.4 Å². The number of aromatic nitrogens is 4. The van der Waals surface area contributed by atoms with Crippen molar-refractivity contribution in [3.05, 3.63) is 114 Å². The number of ether oxygens (including phenoxy) is 3. The minimum atomic E-state index is -2.28. The van der Waals surface area contributed by atoms with Crippen molar-refractivity contribution in [2.24, 2.45) is 7.05 Å². The van der Waals surface area contributed by atoms with E-state index in [-0.39, 0.29) is 23.5 Å². The molecule has 2 N–H and O–H groups in total. The van der Waals surface area contributed by atoms with E-state index in [1.807, 2.05) is 12.1 Å². The van der Waals surface area contributed by atoms with E-state index in [0.29, 0.717) is 21.9 Å². The van der Waals surface area contributed by atoms with Crippen LogP contribution in [0.3, 0.4) is 0 Å². The summed E-state index contributed by atoms with van der Waals surface area (Å²) in [6.45, 7) is -0.305. The predicted octanol–water partition coefficient (Wildman–Crippen LogP) is 2.53. The van der Waals surface area contributed by atoms with Gasteiger partial charge in [-0.1, -0.05) is 115 Å². The third-order valence-electron chi connectivity index (χ3n) is 7.77. The number of nitrogens with one attached hydrogen (secondary N) is 1. The lowest BCUT2D eigenvalue weighted by Gasteiger charge is -2.54. The number of amides is 2. The highest BCUT2D eigenvalue weighted by atomic mass is 35.5. The highest BCUT2D eigenvalue weighted by Crippen LogP contribution is 2.37. The van der Waals surface area contributed by atoms with E-state index >= 15 is 0 Å². The van der Waals surface area contributed by atoms with Gasteiger partial charge in [0.25, 0.3) is 11.6 Å². The molecule has 1 aliphatic rings. The Kier molecular flexibility index (Phi) is 11.1. The van der Waals surface area contributed by atoms with Gasteiger partial charge in [-0.15, -0.1) is 5.10 Å². The topological polar surface area (TPSA) is 175 Å². The largest absolute Gasteiger partial charge is 0.479 e. The monoisotopic (exact) mass is 706 g/mol. The molecule has 0 aliphatic carbocycles. The summed E-state index contributed by atoms with van der Waals surface area (Å²) in [4.78, 5) is 54.7. The van der Waals surface area contributed by atoms with Gasteiger partial charge in [-0.25, -0.2) is 9.48 Å². The van der Waals surface area contributed by atoms with E-state index in [0.717, 1.165) is 7.11 Å². The molecule has 1 fully saturated rings. The van der Waals surface area contributed by atoms with Gasteiger partial charge in [-0.05, 0) is 27.1 Å². The van der Waals surface area contributed by atoms with E-state index in [1.165, 1.54) is 4.68 Å². The average Bonchev–Trinajstić information content (AvgIpc) is 3.52. The minimum Gasteiger partial charge on any atom is -0.479 e. The first-order valence-corrected chi connectivity index (χ1v) is 15.7. The lowest BCUT2D eigenvalue weighted by molar-refractivity contribution is -0.261. The molecule has 254 valence electrons. The van der Waals surface area contributed by atoms with Gasteiger partial charge < -0.3 is 24.6 Å². The highest BCUT2D eigenvalue weighted by molar-refractivity contribution is 7.80. The van der Waals surface area contributed by atoms with Gasteiger partial charge in [0.15, 0.2) is 24.1 Å². The van der Waals surface area contributed by atoms with E-state index in [1.54, 1.807) is 85.9 Å². The number of aryl methyl sites for hydroxylation is 1. The number of aliphatic carboxylic acids is 1. The number of carbonyl (C=O) groups is 4. The van der Waals surface area contributed by atoms with Crippen molar-refractivity contribution < 1.29 is 38.5 Å². The quantitative estimate of drug-likeness (QED) is 0.0352. The molecule has 4 aromatic rings. The lowest BCUT2D eigenvalue weighted by Crippen LogP contribution is -2.83. The molecule has 0 radical (unpaired) electrons. The molecular weight excluding hydrogens is 676 g/mol. The number of esters is 1. The Bertz CT molecular complexity index is 1780. The number of carboxylic acids is 1. The molecule has 0 saturated carbocycles. The Morgan fingerprint density at radius 1 is 0.980 bits per heavy atom. The first kappa shape index (κ1) is 35.2. The summed E-state index contributed by atoms with van der Waals surface area (Å²) in [5, 5.41) is 23.3. The highest BCUT2D eigenvalue weighted by Gasteiger charge is 2.67. The summed E-state index contributed by atoms with van der Waals surface area (Å²) >= 11 is 11.5. The first-order chi connectivity index (χ1) is 23.6. The Labute approximate surface area is 290 Å². The second-order valence-corrected chi connectivity index (χ2v) is 11.9. The Hall–Kier alpha value is -5.09. The van der Waals surface area contributed by atoms with Crippen molar-refractivity contribution in [1.29, 1.82) is 0 Å². The van der Waals surface area contributed by atoms with Crippen LogP contribution in [-0.4, -0.2) is 90.0 Å². The van der Waals surface area contributed by atoms with Crippen molar-refractivity contribution in [3.63, 3.8) is 0 Å². The first-order valence-electron chi connectivity index (χ1n) is 14.8. The molecule has 1 aromatic heterocycles. The number of carboxylic acid groups (broad SMARTS) is 1. The molecule has 14 nitrogen and oxygen atoms in total. The molecular formula is C33H31ClN6O8S. The summed E-state index contributed by atoms with van der Waals surface area (Å²) in [7, 11) is 2.74. The van der Waals surface area contributed by atoms with Crippen molar-refractivity contribution >= 4 is 52.4 Å². The number of β-lactam (4-membered cyclic amide) rings is 1. The zero-order valence-electron chi connectivity index (χ0n) is 26.2. The van der Waals surface area contributed by atoms with Crippen molar-refractivity contribution in [2.75, 3.05) is 13.7 Å². The van der Waals surface area contributed by atoms with Gasteiger partial charge >= 0.3 is 11.9 Å². The number of hydrogen-bond donors (Lipinski definition) is 2. The molecule has 4 atom stereocenters. The number of alkyl halides is 1. The molecule has 0 bridgehead atoms. The van der Waals surface area contributed by atoms with Crippen molar-refractivity contribution in [3.8, 4) is 0 Å². The molecule has 1 aliphatic heterocycles. The molecule has 49 heavy (non-hydrogen) atoms. The number of methoxy groups -OCH3 is 1. The lowest BCUT2D eigenvalue weighted by atomic mass is 9.93. The van der Waals surface area contributed by atoms with Crippen LogP contribution in [-0.2, 0) is 46.9 Å². The number of hydrogen-bond acceptors (Lipinski definition) is 11. The smallest absolute Gasteiger partial charge is 0.342 e. The number of halogens is 1. The van der Waals surface area contributed by atoms with Crippen LogP contribution >= 0.6 is 23.8 Å². The van der Waals surface area contributed by atoms with Crippen LogP contribution in [0.4, 0.5) is 0 Å². The van der Waals surface area contributed by atoms with Crippen LogP contribution in [0.1, 0.15) is 34.5 Å². The number of benzene rings is 3. The van der Waals surface area contributed by atoms with Crippen LogP contribution in [0.2, 0.25) is 0 Å². The van der Waals surface area contributed by atoms with Crippen LogP contribution in [0.25, 0.3) is 0 Å². The summed E-state index contributed by atoms with van der Waals surface area (Å²) < 4.78 is 18.9. The number of nitrogens with zero attached hydrogens (tertiary/aromatic N) is 5. The molecule has 5 rings (SSSR count). The number of thiocarbonyl (C=S) groups is 1. The maximum absolute atomic E-state index is 14.2. The normalized spacial score (nSPS) is 18.3. The number of likely N-dealkylation sites (tertiary alicyclic amines) is 1. The molecule has 0 spiro atoms. The zero-order valence-corrected chi connectivity index (χ0v) is 27.8. The third kappa shape index (κ3) is 7.49. The second kappa shape index (κ2) is 15.4. The average molecular weight is 707 g/mol. The minimum absolute atomic E-state index is 0.112. The Morgan fingerprint density at radius 2 is 1.53 bits per heavy atom. The Morgan fingerprint density at radius 3 is 2.02 bits per heavy atom. The van der Waals surface area contributed by atoms with Gasteiger partial charge in [0.05, 0.1) is 6.61 Å². The number of carbonyl (C=O) groups excluding carboxylic acids is 3. The van der Waals surface area contributed by atoms with Gasteiger partial charge in [0.2, 0.25) is 11.4 Å². The summed E-state index contributed by atoms with van der Waals surface area (Å²) in [6.07, 6.45) is -2.34. The fraction of sp³-hybridized carbons (Fsp3) is 0.273. The molecule has 2 heterocycles. The summed E-state index contributed by atoms with van der Waals surface area (Å²) in [5.74, 6) is -5.64. The van der Waals surface area contributed by atoms with Crippen molar-refractivity contribution in [2.45, 2.75) is 35.9 Å². The molecule has 1 saturated heterocycles. The molecule has 2 amide bonds. The maximum atomic E-state index is 14.2. The summed E-state index contributed by atoms with van der Waals surface area (Å²) in [6, 6.07) is 26.1. The van der Waals surface area contributed by atoms with Gasteiger partial charge in [-0.3, -0.25) is 19.3 Å². The van der Waals surface area contributed by atoms with E-state index in [4.69, 9.17) is 38.0 Å². The number of tetrazole rings is 1. The fourth-order valence-corrected chi connectivity index (χ4v) is 5.68.